The molecule has 0 unspecified atom stereocenters. The number of para-hydroxylation sites is 1. The summed E-state index contributed by atoms with van der Waals surface area (Å²) in [5, 5.41) is 0.892. The number of benzene rings is 2. The van der Waals surface area contributed by atoms with E-state index in [1.807, 2.05) is 36.2 Å². The molecule has 3 aromatic rings. The molecule has 0 atom stereocenters. The Hall–Kier alpha value is -2.73. The molecule has 3 N–H and O–H groups in total. The zero-order valence-corrected chi connectivity index (χ0v) is 11.4. The van der Waals surface area contributed by atoms with Crippen molar-refractivity contribution >= 4 is 28.4 Å². The highest BCUT2D eigenvalue weighted by atomic mass is 19.1. The van der Waals surface area contributed by atoms with Gasteiger partial charge in [0.1, 0.15) is 11.6 Å². The number of hydrogen-bond acceptors (Lipinski definition) is 5. The average molecular weight is 283 g/mol. The van der Waals surface area contributed by atoms with Crippen molar-refractivity contribution in [2.45, 2.75) is 0 Å². The maximum atomic E-state index is 13.1. The number of nitrogens with one attached hydrogen (secondary N) is 1. The Morgan fingerprint density at radius 3 is 2.48 bits per heavy atom. The molecule has 0 fully saturated rings. The summed E-state index contributed by atoms with van der Waals surface area (Å²) in [4.78, 5) is 10.6. The minimum atomic E-state index is -0.274. The fraction of sp³-hybridized carbons (Fsp3) is 0.0667. The number of hydrazine groups is 1. The van der Waals surface area contributed by atoms with Crippen LogP contribution < -0.4 is 16.2 Å². The van der Waals surface area contributed by atoms with Gasteiger partial charge in [0.25, 0.3) is 0 Å². The van der Waals surface area contributed by atoms with Gasteiger partial charge < -0.3 is 4.90 Å². The van der Waals surface area contributed by atoms with Crippen LogP contribution in [0.4, 0.5) is 21.8 Å². The second kappa shape index (κ2) is 5.34. The van der Waals surface area contributed by atoms with Gasteiger partial charge in [0.05, 0.1) is 5.52 Å². The van der Waals surface area contributed by atoms with Crippen molar-refractivity contribution in [2.24, 2.45) is 5.84 Å². The van der Waals surface area contributed by atoms with Gasteiger partial charge in [-0.15, -0.1) is 0 Å². The Labute approximate surface area is 121 Å². The molecule has 0 saturated carbocycles. The van der Waals surface area contributed by atoms with E-state index >= 15 is 0 Å². The van der Waals surface area contributed by atoms with Crippen LogP contribution in [0.3, 0.4) is 0 Å². The number of rotatable bonds is 3. The van der Waals surface area contributed by atoms with Crippen LogP contribution in [-0.2, 0) is 0 Å². The van der Waals surface area contributed by atoms with Crippen LogP contribution in [0, 0.1) is 5.82 Å². The molecule has 0 amide bonds. The Morgan fingerprint density at radius 1 is 1.05 bits per heavy atom. The lowest BCUT2D eigenvalue weighted by Crippen LogP contribution is -2.16. The average Bonchev–Trinajstić information content (AvgIpc) is 2.53. The molecule has 1 aromatic heterocycles. The minimum absolute atomic E-state index is 0.274. The first-order valence-corrected chi connectivity index (χ1v) is 6.42. The van der Waals surface area contributed by atoms with E-state index in [1.165, 1.54) is 12.1 Å². The van der Waals surface area contributed by atoms with Crippen molar-refractivity contribution in [1.82, 2.24) is 9.97 Å². The molecule has 0 radical (unpaired) electrons. The molecule has 0 spiro atoms. The van der Waals surface area contributed by atoms with Gasteiger partial charge >= 0.3 is 0 Å². The second-order valence-electron chi connectivity index (χ2n) is 4.57. The fourth-order valence-corrected chi connectivity index (χ4v) is 2.17. The lowest BCUT2D eigenvalue weighted by atomic mass is 10.2. The zero-order valence-electron chi connectivity index (χ0n) is 11.4. The smallest absolute Gasteiger partial charge is 0.239 e. The van der Waals surface area contributed by atoms with Gasteiger partial charge in [0.2, 0.25) is 5.95 Å². The number of nitrogen functional groups attached to an aromatic ring is 1. The quantitative estimate of drug-likeness (QED) is 0.571. The van der Waals surface area contributed by atoms with Crippen molar-refractivity contribution in [3.05, 3.63) is 54.3 Å². The predicted octanol–water partition coefficient (Wildman–Crippen LogP) is 2.82. The summed E-state index contributed by atoms with van der Waals surface area (Å²) in [6.07, 6.45) is 0. The molecule has 3 rings (SSSR count). The van der Waals surface area contributed by atoms with Gasteiger partial charge in [0, 0.05) is 18.1 Å². The van der Waals surface area contributed by atoms with Gasteiger partial charge in [-0.05, 0) is 36.4 Å². The van der Waals surface area contributed by atoms with Gasteiger partial charge in [-0.1, -0.05) is 12.1 Å². The van der Waals surface area contributed by atoms with Crippen LogP contribution in [0.1, 0.15) is 0 Å². The van der Waals surface area contributed by atoms with Crippen molar-refractivity contribution in [3.8, 4) is 0 Å². The third-order valence-electron chi connectivity index (χ3n) is 3.24. The monoisotopic (exact) mass is 283 g/mol. The maximum absolute atomic E-state index is 13.1. The van der Waals surface area contributed by atoms with E-state index in [-0.39, 0.29) is 5.82 Å². The maximum Gasteiger partial charge on any atom is 0.239 e. The molecule has 0 aliphatic carbocycles. The van der Waals surface area contributed by atoms with E-state index in [2.05, 4.69) is 15.4 Å². The Morgan fingerprint density at radius 2 is 1.76 bits per heavy atom. The summed E-state index contributed by atoms with van der Waals surface area (Å²) in [7, 11) is 1.86. The Bertz CT molecular complexity index is 773. The highest BCUT2D eigenvalue weighted by Crippen LogP contribution is 2.29. The number of fused-ring (bicyclic) bond motifs is 1. The van der Waals surface area contributed by atoms with Crippen LogP contribution in [0.15, 0.2) is 48.5 Å². The second-order valence-corrected chi connectivity index (χ2v) is 4.57. The van der Waals surface area contributed by atoms with Gasteiger partial charge in [-0.3, -0.25) is 5.43 Å². The number of nitrogens with zero attached hydrogens (tertiary/aromatic N) is 3. The molecule has 5 nitrogen and oxygen atoms in total. The number of aromatic nitrogens is 2. The lowest BCUT2D eigenvalue weighted by molar-refractivity contribution is 0.628. The van der Waals surface area contributed by atoms with Crippen molar-refractivity contribution in [1.29, 1.82) is 0 Å². The van der Waals surface area contributed by atoms with E-state index < -0.39 is 0 Å². The van der Waals surface area contributed by atoms with Crippen molar-refractivity contribution < 1.29 is 4.39 Å². The predicted molar refractivity (Wildman–Crippen MR) is 81.8 cm³/mol. The molecule has 106 valence electrons. The number of halogens is 1. The summed E-state index contributed by atoms with van der Waals surface area (Å²) in [5.74, 6) is 6.18. The van der Waals surface area contributed by atoms with Crippen LogP contribution >= 0.6 is 0 Å². The SMILES string of the molecule is CN(c1ccc(F)cc1)c1nc(NN)nc2ccccc12. The number of nitrogens with two attached hydrogens (primary N) is 1. The standard InChI is InChI=1S/C15H14FN5/c1-21(11-8-6-10(16)7-9-11)14-12-4-2-3-5-13(12)18-15(19-14)20-17/h2-9H,17H2,1H3,(H,18,19,20). The van der Waals surface area contributed by atoms with Crippen LogP contribution in [0.5, 0.6) is 0 Å². The largest absolute Gasteiger partial charge is 0.329 e. The topological polar surface area (TPSA) is 67.1 Å². The first-order valence-electron chi connectivity index (χ1n) is 6.42. The van der Waals surface area contributed by atoms with Crippen molar-refractivity contribution in [2.75, 3.05) is 17.4 Å². The summed E-state index contributed by atoms with van der Waals surface area (Å²) >= 11 is 0. The zero-order chi connectivity index (χ0) is 14.8. The molecule has 21 heavy (non-hydrogen) atoms. The normalized spacial score (nSPS) is 10.6. The van der Waals surface area contributed by atoms with Crippen LogP contribution in [-0.4, -0.2) is 17.0 Å². The third-order valence-corrected chi connectivity index (χ3v) is 3.24. The molecule has 6 heteroatoms. The van der Waals surface area contributed by atoms with E-state index in [0.717, 1.165) is 16.6 Å². The Balaban J connectivity index is 2.16. The molecule has 1 heterocycles. The van der Waals surface area contributed by atoms with Crippen LogP contribution in [0.25, 0.3) is 10.9 Å². The highest BCUT2D eigenvalue weighted by molar-refractivity contribution is 5.92. The third kappa shape index (κ3) is 2.48. The van der Waals surface area contributed by atoms with Gasteiger partial charge in [-0.25, -0.2) is 15.2 Å². The molecule has 0 aliphatic rings. The summed E-state index contributed by atoms with van der Waals surface area (Å²) in [6.45, 7) is 0. The van der Waals surface area contributed by atoms with E-state index in [9.17, 15) is 4.39 Å². The van der Waals surface area contributed by atoms with E-state index in [1.54, 1.807) is 12.1 Å². The van der Waals surface area contributed by atoms with E-state index in [0.29, 0.717) is 11.8 Å². The van der Waals surface area contributed by atoms with Gasteiger partial charge in [-0.2, -0.15) is 4.98 Å². The summed E-state index contributed by atoms with van der Waals surface area (Å²) in [5.41, 5.74) is 4.07. The Kier molecular flexibility index (Phi) is 3.37. The fourth-order valence-electron chi connectivity index (χ4n) is 2.17. The first kappa shape index (κ1) is 13.3. The molecular weight excluding hydrogens is 269 g/mol. The van der Waals surface area contributed by atoms with Gasteiger partial charge in [0.15, 0.2) is 0 Å². The number of anilines is 3. The first-order chi connectivity index (χ1) is 10.2. The lowest BCUT2D eigenvalue weighted by Gasteiger charge is -2.20. The van der Waals surface area contributed by atoms with Crippen LogP contribution in [0.2, 0.25) is 0 Å². The molecule has 0 bridgehead atoms. The molecular formula is C15H14FN5. The molecule has 0 saturated heterocycles. The molecule has 0 aliphatic heterocycles. The number of hydrogen-bond donors (Lipinski definition) is 2. The van der Waals surface area contributed by atoms with E-state index in [4.69, 9.17) is 5.84 Å². The summed E-state index contributed by atoms with van der Waals surface area (Å²) in [6, 6.07) is 13.9. The molecule has 2 aromatic carbocycles. The summed E-state index contributed by atoms with van der Waals surface area (Å²) < 4.78 is 13.1. The van der Waals surface area contributed by atoms with Crippen molar-refractivity contribution in [3.63, 3.8) is 0 Å². The highest BCUT2D eigenvalue weighted by Gasteiger charge is 2.12. The minimum Gasteiger partial charge on any atom is -0.329 e.